The van der Waals surface area contributed by atoms with Gasteiger partial charge in [0.05, 0.1) is 5.69 Å². The SMILES string of the molecule is CC(C)[C@H](CNc1c(Nc2c[nH]c3ccccc23)c(=O)c1=O)C(O)O. The molecule has 0 saturated carbocycles. The molecule has 0 unspecified atom stereocenters. The van der Waals surface area contributed by atoms with Crippen LogP contribution < -0.4 is 21.5 Å². The third kappa shape index (κ3) is 3.16. The fraction of sp³-hybridized carbons (Fsp3) is 0.333. The molecule has 2 aromatic carbocycles. The van der Waals surface area contributed by atoms with Crippen LogP contribution in [0.2, 0.25) is 0 Å². The summed E-state index contributed by atoms with van der Waals surface area (Å²) in [6, 6.07) is 7.61. The molecule has 7 heteroatoms. The van der Waals surface area contributed by atoms with E-state index >= 15 is 0 Å². The maximum Gasteiger partial charge on any atom is 0.253 e. The quantitative estimate of drug-likeness (QED) is 0.328. The molecule has 3 rings (SSSR count). The molecule has 0 aliphatic carbocycles. The van der Waals surface area contributed by atoms with Gasteiger partial charge in [-0.2, -0.15) is 0 Å². The largest absolute Gasteiger partial charge is 0.379 e. The van der Waals surface area contributed by atoms with Gasteiger partial charge in [-0.05, 0) is 12.0 Å². The smallest absolute Gasteiger partial charge is 0.253 e. The van der Waals surface area contributed by atoms with E-state index in [1.165, 1.54) is 0 Å². The highest BCUT2D eigenvalue weighted by Crippen LogP contribution is 2.28. The predicted molar refractivity (Wildman–Crippen MR) is 98.0 cm³/mol. The van der Waals surface area contributed by atoms with Crippen LogP contribution in [0.4, 0.5) is 17.1 Å². The third-order valence-corrected chi connectivity index (χ3v) is 4.51. The molecular weight excluding hydrogens is 322 g/mol. The Bertz CT molecular complexity index is 943. The first-order chi connectivity index (χ1) is 11.9. The number of benzene rings is 1. The second-order valence-electron chi connectivity index (χ2n) is 6.48. The van der Waals surface area contributed by atoms with Crippen LogP contribution in [0.25, 0.3) is 10.9 Å². The van der Waals surface area contributed by atoms with E-state index in [4.69, 9.17) is 0 Å². The Hall–Kier alpha value is -2.64. The van der Waals surface area contributed by atoms with Gasteiger partial charge in [-0.1, -0.05) is 32.0 Å². The Labute approximate surface area is 144 Å². The van der Waals surface area contributed by atoms with Crippen LogP contribution in [-0.4, -0.2) is 28.0 Å². The molecule has 1 atom stereocenters. The van der Waals surface area contributed by atoms with Gasteiger partial charge in [0, 0.05) is 29.6 Å². The molecule has 0 bridgehead atoms. The number of rotatable bonds is 7. The van der Waals surface area contributed by atoms with Gasteiger partial charge in [0.15, 0.2) is 6.29 Å². The van der Waals surface area contributed by atoms with E-state index in [0.717, 1.165) is 10.9 Å². The first-order valence-corrected chi connectivity index (χ1v) is 8.16. The fourth-order valence-electron chi connectivity index (χ4n) is 2.89. The molecule has 0 spiro atoms. The van der Waals surface area contributed by atoms with E-state index in [1.54, 1.807) is 6.20 Å². The molecule has 0 aliphatic rings. The molecule has 0 saturated heterocycles. The van der Waals surface area contributed by atoms with Crippen molar-refractivity contribution in [2.75, 3.05) is 17.2 Å². The highest BCUT2D eigenvalue weighted by Gasteiger charge is 2.25. The molecule has 25 heavy (non-hydrogen) atoms. The standard InChI is InChI=1S/C18H21N3O4/c1-9(2)11(18(24)25)7-20-14-15(17(23)16(14)22)21-13-8-19-12-6-4-3-5-10(12)13/h3-6,8-9,11,18-21,24-25H,7H2,1-2H3/t11-/m0/s1. The average molecular weight is 343 g/mol. The van der Waals surface area contributed by atoms with Crippen molar-refractivity contribution >= 4 is 28.0 Å². The number of anilines is 3. The number of hydrogen-bond donors (Lipinski definition) is 5. The Morgan fingerprint density at radius 3 is 2.44 bits per heavy atom. The van der Waals surface area contributed by atoms with Crippen LogP contribution in [0.1, 0.15) is 13.8 Å². The summed E-state index contributed by atoms with van der Waals surface area (Å²) < 4.78 is 0. The molecular formula is C18H21N3O4. The summed E-state index contributed by atoms with van der Waals surface area (Å²) in [6.45, 7) is 3.90. The lowest BCUT2D eigenvalue weighted by Crippen LogP contribution is -2.39. The van der Waals surface area contributed by atoms with Gasteiger partial charge in [-0.15, -0.1) is 0 Å². The van der Waals surface area contributed by atoms with E-state index in [0.29, 0.717) is 5.69 Å². The lowest BCUT2D eigenvalue weighted by Gasteiger charge is -2.24. The number of aromatic nitrogens is 1. The van der Waals surface area contributed by atoms with Gasteiger partial charge in [0.2, 0.25) is 0 Å². The van der Waals surface area contributed by atoms with Gasteiger partial charge in [-0.25, -0.2) is 0 Å². The first kappa shape index (κ1) is 17.2. The molecule has 0 amide bonds. The molecule has 0 radical (unpaired) electrons. The molecule has 3 aromatic rings. The van der Waals surface area contributed by atoms with Crippen molar-refractivity contribution in [1.82, 2.24) is 4.98 Å². The third-order valence-electron chi connectivity index (χ3n) is 4.51. The number of H-pyrrole nitrogens is 1. The molecule has 1 heterocycles. The van der Waals surface area contributed by atoms with Crippen LogP contribution in [0.15, 0.2) is 40.1 Å². The second kappa shape index (κ2) is 6.70. The Morgan fingerprint density at radius 1 is 1.08 bits per heavy atom. The molecule has 132 valence electrons. The maximum absolute atomic E-state index is 11.9. The second-order valence-corrected chi connectivity index (χ2v) is 6.48. The summed E-state index contributed by atoms with van der Waals surface area (Å²) in [7, 11) is 0. The number of nitrogens with one attached hydrogen (secondary N) is 3. The topological polar surface area (TPSA) is 114 Å². The Balaban J connectivity index is 1.81. The minimum Gasteiger partial charge on any atom is -0.379 e. The van der Waals surface area contributed by atoms with Crippen LogP contribution in [0.5, 0.6) is 0 Å². The van der Waals surface area contributed by atoms with E-state index in [2.05, 4.69) is 15.6 Å². The zero-order valence-electron chi connectivity index (χ0n) is 14.0. The van der Waals surface area contributed by atoms with E-state index in [9.17, 15) is 19.8 Å². The zero-order chi connectivity index (χ0) is 18.1. The summed E-state index contributed by atoms with van der Waals surface area (Å²) in [5.41, 5.74) is 0.816. The lowest BCUT2D eigenvalue weighted by atomic mass is 9.95. The number of hydrogen-bond acceptors (Lipinski definition) is 6. The number of para-hydroxylation sites is 1. The number of aliphatic hydroxyl groups excluding tert-OH is 1. The molecule has 0 fully saturated rings. The Morgan fingerprint density at radius 2 is 1.76 bits per heavy atom. The van der Waals surface area contributed by atoms with Crippen molar-refractivity contribution in [1.29, 1.82) is 0 Å². The average Bonchev–Trinajstić information content (AvgIpc) is 2.99. The Kier molecular flexibility index (Phi) is 4.61. The normalized spacial score (nSPS) is 13.0. The summed E-state index contributed by atoms with van der Waals surface area (Å²) in [5, 5.41) is 25.7. The van der Waals surface area contributed by atoms with Crippen LogP contribution in [0, 0.1) is 11.8 Å². The van der Waals surface area contributed by atoms with E-state index < -0.39 is 23.1 Å². The minimum atomic E-state index is -1.50. The summed E-state index contributed by atoms with van der Waals surface area (Å²) in [6.07, 6.45) is 0.240. The maximum atomic E-state index is 11.9. The monoisotopic (exact) mass is 343 g/mol. The minimum absolute atomic E-state index is 0.00371. The molecule has 7 nitrogen and oxygen atoms in total. The van der Waals surface area contributed by atoms with Gasteiger partial charge in [-0.3, -0.25) is 9.59 Å². The summed E-state index contributed by atoms with van der Waals surface area (Å²) in [4.78, 5) is 26.9. The highest BCUT2D eigenvalue weighted by molar-refractivity contribution is 5.95. The molecule has 0 aliphatic heterocycles. The van der Waals surface area contributed by atoms with Gasteiger partial charge in [0.1, 0.15) is 11.4 Å². The number of aliphatic hydroxyl groups is 2. The number of fused-ring (bicyclic) bond motifs is 1. The van der Waals surface area contributed by atoms with Crippen LogP contribution in [0.3, 0.4) is 0 Å². The van der Waals surface area contributed by atoms with E-state index in [-0.39, 0.29) is 23.8 Å². The van der Waals surface area contributed by atoms with Crippen molar-refractivity contribution in [3.05, 3.63) is 50.9 Å². The zero-order valence-corrected chi connectivity index (χ0v) is 14.0. The lowest BCUT2D eigenvalue weighted by molar-refractivity contribution is -0.0919. The van der Waals surface area contributed by atoms with Gasteiger partial charge < -0.3 is 25.8 Å². The summed E-state index contributed by atoms with van der Waals surface area (Å²) in [5.74, 6) is -0.450. The van der Waals surface area contributed by atoms with Crippen LogP contribution >= 0.6 is 0 Å². The van der Waals surface area contributed by atoms with Gasteiger partial charge in [0.25, 0.3) is 10.9 Å². The van der Waals surface area contributed by atoms with Crippen molar-refractivity contribution in [3.63, 3.8) is 0 Å². The van der Waals surface area contributed by atoms with Crippen molar-refractivity contribution < 1.29 is 10.2 Å². The van der Waals surface area contributed by atoms with Crippen LogP contribution in [-0.2, 0) is 0 Å². The van der Waals surface area contributed by atoms with Crippen molar-refractivity contribution in [3.8, 4) is 0 Å². The first-order valence-electron chi connectivity index (χ1n) is 8.16. The molecule has 5 N–H and O–H groups in total. The van der Waals surface area contributed by atoms with Crippen molar-refractivity contribution in [2.24, 2.45) is 11.8 Å². The van der Waals surface area contributed by atoms with E-state index in [1.807, 2.05) is 38.1 Å². The summed E-state index contributed by atoms with van der Waals surface area (Å²) >= 11 is 0. The predicted octanol–water partition coefficient (Wildman–Crippen LogP) is 1.50. The van der Waals surface area contributed by atoms with Crippen molar-refractivity contribution in [2.45, 2.75) is 20.1 Å². The van der Waals surface area contributed by atoms with Gasteiger partial charge >= 0.3 is 0 Å². The fourth-order valence-corrected chi connectivity index (χ4v) is 2.89. The highest BCUT2D eigenvalue weighted by atomic mass is 16.5. The number of aromatic amines is 1. The molecule has 1 aromatic heterocycles.